The number of unbranched alkanes of at least 4 members (excludes halogenated alkanes) is 22. The first-order valence-corrected chi connectivity index (χ1v) is 26.7. The Balaban J connectivity index is 3.70. The van der Waals surface area contributed by atoms with E-state index < -0.39 is 12.1 Å². The van der Waals surface area contributed by atoms with Gasteiger partial charge in [0.15, 0.2) is 0 Å². The predicted molar refractivity (Wildman–Crippen MR) is 285 cm³/mol. The van der Waals surface area contributed by atoms with Crippen molar-refractivity contribution in [1.82, 2.24) is 5.32 Å². The highest BCUT2D eigenvalue weighted by atomic mass is 16.3. The Kier molecular flexibility index (Phi) is 51.4. The molecule has 364 valence electrons. The number of hydrogen-bond donors (Lipinski definition) is 3. The zero-order valence-corrected chi connectivity index (χ0v) is 41.8. The molecule has 0 fully saturated rings. The van der Waals surface area contributed by atoms with Crippen LogP contribution in [0.5, 0.6) is 0 Å². The van der Waals surface area contributed by atoms with Crippen molar-refractivity contribution in [3.8, 4) is 0 Å². The lowest BCUT2D eigenvalue weighted by Gasteiger charge is -2.19. The van der Waals surface area contributed by atoms with Crippen molar-refractivity contribution in [2.45, 2.75) is 244 Å². The number of aliphatic hydroxyl groups is 2. The van der Waals surface area contributed by atoms with Gasteiger partial charge in [-0.1, -0.05) is 251 Å². The number of amides is 1. The molecule has 0 aromatic heterocycles. The van der Waals surface area contributed by atoms with E-state index in [-0.39, 0.29) is 12.5 Å². The molecule has 4 heteroatoms. The molecule has 0 rings (SSSR count). The summed E-state index contributed by atoms with van der Waals surface area (Å²) >= 11 is 0. The lowest BCUT2D eigenvalue weighted by atomic mass is 10.0. The highest BCUT2D eigenvalue weighted by Crippen LogP contribution is 2.15. The topological polar surface area (TPSA) is 69.6 Å². The van der Waals surface area contributed by atoms with Gasteiger partial charge in [-0.2, -0.15) is 0 Å². The first-order valence-electron chi connectivity index (χ1n) is 26.7. The van der Waals surface area contributed by atoms with Crippen molar-refractivity contribution in [2.75, 3.05) is 6.61 Å². The minimum absolute atomic E-state index is 0.102. The van der Waals surface area contributed by atoms with Gasteiger partial charge in [0.2, 0.25) is 5.91 Å². The Morgan fingerprint density at radius 2 is 0.703 bits per heavy atom. The number of aliphatic hydroxyl groups excluding tert-OH is 2. The molecule has 0 aliphatic heterocycles. The summed E-state index contributed by atoms with van der Waals surface area (Å²) in [4.78, 5) is 12.4. The maximum atomic E-state index is 12.4. The summed E-state index contributed by atoms with van der Waals surface area (Å²) in [5.74, 6) is -0.102. The molecule has 3 N–H and O–H groups in total. The Morgan fingerprint density at radius 1 is 0.391 bits per heavy atom. The third-order valence-electron chi connectivity index (χ3n) is 11.4. The molecule has 0 spiro atoms. The number of carbonyl (C=O) groups excluding carboxylic acids is 1. The van der Waals surface area contributed by atoms with Gasteiger partial charge < -0.3 is 15.5 Å². The van der Waals surface area contributed by atoms with E-state index in [1.165, 1.54) is 109 Å². The highest BCUT2D eigenvalue weighted by molar-refractivity contribution is 5.76. The maximum Gasteiger partial charge on any atom is 0.220 e. The van der Waals surface area contributed by atoms with Crippen LogP contribution in [0.2, 0.25) is 0 Å². The predicted octanol–water partition coefficient (Wildman–Crippen LogP) is 17.7. The average molecular weight is 884 g/mol. The van der Waals surface area contributed by atoms with Crippen molar-refractivity contribution in [1.29, 1.82) is 0 Å². The Bertz CT molecular complexity index is 1280. The molecule has 64 heavy (non-hydrogen) atoms. The Hall–Kier alpha value is -3.21. The van der Waals surface area contributed by atoms with E-state index in [2.05, 4.69) is 129 Å². The van der Waals surface area contributed by atoms with E-state index in [0.29, 0.717) is 6.42 Å². The standard InChI is InChI=1S/C60H101NO3/c1-3-5-7-9-11-13-15-17-19-21-23-25-27-28-29-30-31-32-34-36-38-40-42-44-46-48-50-52-54-56-60(64)61-58(57-62)59(63)55-53-51-49-47-45-43-41-39-37-35-33-26-24-22-20-18-16-14-12-10-8-6-4-2/h5,7,11,13,17,19,23,25,28-29,31-32,36,38,42,44-45,47,53,55,58-59,62-63H,3-4,6,8-10,12,14-16,18,20-22,24,26-27,30,33-35,37,39-41,43,46,48-52,54,56-57H2,1-2H3,(H,61,64)/b7-5-,13-11-,19-17-,25-23-,29-28-,32-31-,38-36-,44-42-,47-45+,55-53+. The molecule has 0 radical (unpaired) electrons. The molecule has 0 saturated heterocycles. The van der Waals surface area contributed by atoms with Crippen molar-refractivity contribution < 1.29 is 15.0 Å². The summed E-state index contributed by atoms with van der Waals surface area (Å²) in [7, 11) is 0. The third-order valence-corrected chi connectivity index (χ3v) is 11.4. The van der Waals surface area contributed by atoms with E-state index in [9.17, 15) is 15.0 Å². The van der Waals surface area contributed by atoms with Crippen LogP contribution in [0.25, 0.3) is 0 Å². The fourth-order valence-electron chi connectivity index (χ4n) is 7.39. The second kappa shape index (κ2) is 54.1. The van der Waals surface area contributed by atoms with Gasteiger partial charge in [0.05, 0.1) is 18.8 Å². The van der Waals surface area contributed by atoms with Gasteiger partial charge in [-0.3, -0.25) is 4.79 Å². The average Bonchev–Trinajstić information content (AvgIpc) is 3.30. The number of allylic oxidation sites excluding steroid dienone is 19. The van der Waals surface area contributed by atoms with Crippen molar-refractivity contribution in [3.63, 3.8) is 0 Å². The number of rotatable bonds is 47. The van der Waals surface area contributed by atoms with Crippen LogP contribution in [0, 0.1) is 0 Å². The van der Waals surface area contributed by atoms with Gasteiger partial charge in [0.1, 0.15) is 0 Å². The van der Waals surface area contributed by atoms with Crippen LogP contribution in [-0.2, 0) is 4.79 Å². The van der Waals surface area contributed by atoms with Gasteiger partial charge in [-0.05, 0) is 96.3 Å². The Labute approximate surface area is 397 Å². The summed E-state index contributed by atoms with van der Waals surface area (Å²) in [6.07, 6.45) is 83.4. The lowest BCUT2D eigenvalue weighted by molar-refractivity contribution is -0.123. The van der Waals surface area contributed by atoms with E-state index >= 15 is 0 Å². The van der Waals surface area contributed by atoms with Crippen LogP contribution in [-0.4, -0.2) is 34.9 Å². The van der Waals surface area contributed by atoms with Crippen molar-refractivity contribution in [3.05, 3.63) is 122 Å². The van der Waals surface area contributed by atoms with Crippen LogP contribution in [0.1, 0.15) is 232 Å². The molecular weight excluding hydrogens is 783 g/mol. The summed E-state index contributed by atoms with van der Waals surface area (Å²) in [5.41, 5.74) is 0. The Morgan fingerprint density at radius 3 is 1.09 bits per heavy atom. The van der Waals surface area contributed by atoms with E-state index in [1.807, 2.05) is 6.08 Å². The molecule has 0 aliphatic rings. The fraction of sp³-hybridized carbons (Fsp3) is 0.650. The summed E-state index contributed by atoms with van der Waals surface area (Å²) in [6.45, 7) is 4.17. The van der Waals surface area contributed by atoms with E-state index in [4.69, 9.17) is 0 Å². The third kappa shape index (κ3) is 49.8. The molecule has 2 unspecified atom stereocenters. The fourth-order valence-corrected chi connectivity index (χ4v) is 7.39. The van der Waals surface area contributed by atoms with Crippen molar-refractivity contribution >= 4 is 5.91 Å². The first kappa shape index (κ1) is 60.8. The second-order valence-corrected chi connectivity index (χ2v) is 17.6. The van der Waals surface area contributed by atoms with Crippen molar-refractivity contribution in [2.24, 2.45) is 0 Å². The molecule has 0 heterocycles. The van der Waals surface area contributed by atoms with Crippen LogP contribution in [0.3, 0.4) is 0 Å². The van der Waals surface area contributed by atoms with Gasteiger partial charge in [-0.25, -0.2) is 0 Å². The summed E-state index contributed by atoms with van der Waals surface area (Å²) in [6, 6.07) is -0.663. The minimum atomic E-state index is -0.883. The quantitative estimate of drug-likeness (QED) is 0.0421. The molecule has 0 aromatic carbocycles. The zero-order chi connectivity index (χ0) is 46.3. The highest BCUT2D eigenvalue weighted by Gasteiger charge is 2.17. The number of hydrogen-bond acceptors (Lipinski definition) is 3. The molecule has 0 aromatic rings. The minimum Gasteiger partial charge on any atom is -0.394 e. The van der Waals surface area contributed by atoms with Crippen LogP contribution in [0.15, 0.2) is 122 Å². The normalized spacial score (nSPS) is 13.9. The molecule has 0 saturated carbocycles. The van der Waals surface area contributed by atoms with E-state index in [0.717, 1.165) is 103 Å². The van der Waals surface area contributed by atoms with Crippen LogP contribution >= 0.6 is 0 Å². The van der Waals surface area contributed by atoms with Gasteiger partial charge in [0, 0.05) is 6.42 Å². The SMILES string of the molecule is CC/C=C\C/C=C\C/C=C\C/C=C\C/C=C\C/C=C\C/C=C\C/C=C\CCCCCCC(=O)NC(CO)C(O)/C=C/CC/C=C/CCCCCCCCCCCCCCCCCCC. The molecule has 1 amide bonds. The largest absolute Gasteiger partial charge is 0.394 e. The number of carbonyl (C=O) groups is 1. The monoisotopic (exact) mass is 884 g/mol. The molecule has 2 atom stereocenters. The molecule has 0 aliphatic carbocycles. The van der Waals surface area contributed by atoms with Gasteiger partial charge in [-0.15, -0.1) is 0 Å². The van der Waals surface area contributed by atoms with E-state index in [1.54, 1.807) is 6.08 Å². The summed E-state index contributed by atoms with van der Waals surface area (Å²) < 4.78 is 0. The smallest absolute Gasteiger partial charge is 0.220 e. The van der Waals surface area contributed by atoms with Gasteiger partial charge >= 0.3 is 0 Å². The maximum absolute atomic E-state index is 12.4. The molecule has 4 nitrogen and oxygen atoms in total. The molecular formula is C60H101NO3. The summed E-state index contributed by atoms with van der Waals surface area (Å²) in [5, 5.41) is 23.1. The van der Waals surface area contributed by atoms with Gasteiger partial charge in [0.25, 0.3) is 0 Å². The van der Waals surface area contributed by atoms with Crippen LogP contribution in [0.4, 0.5) is 0 Å². The lowest BCUT2D eigenvalue weighted by Crippen LogP contribution is -2.45. The number of nitrogens with one attached hydrogen (secondary N) is 1. The van der Waals surface area contributed by atoms with Crippen LogP contribution < -0.4 is 5.32 Å². The molecule has 0 bridgehead atoms. The first-order chi connectivity index (χ1) is 31.7. The second-order valence-electron chi connectivity index (χ2n) is 17.6. The zero-order valence-electron chi connectivity index (χ0n) is 41.8.